The predicted molar refractivity (Wildman–Crippen MR) is 126 cm³/mol. The lowest BCUT2D eigenvalue weighted by atomic mass is 10.1. The van der Waals surface area contributed by atoms with E-state index in [1.165, 1.54) is 17.3 Å². The number of amides is 1. The summed E-state index contributed by atoms with van der Waals surface area (Å²) in [5.74, 6) is 1.48. The Morgan fingerprint density at radius 2 is 2.00 bits per heavy atom. The van der Waals surface area contributed by atoms with E-state index in [-0.39, 0.29) is 17.8 Å². The van der Waals surface area contributed by atoms with Crippen molar-refractivity contribution in [1.29, 1.82) is 0 Å². The van der Waals surface area contributed by atoms with Gasteiger partial charge >= 0.3 is 0 Å². The summed E-state index contributed by atoms with van der Waals surface area (Å²) < 4.78 is 8.09. The Kier molecular flexibility index (Phi) is 7.86. The van der Waals surface area contributed by atoms with Gasteiger partial charge in [0.1, 0.15) is 5.75 Å². The summed E-state index contributed by atoms with van der Waals surface area (Å²) in [4.78, 5) is 12.4. The molecular formula is C22H24Cl2N4O2S. The molecule has 31 heavy (non-hydrogen) atoms. The summed E-state index contributed by atoms with van der Waals surface area (Å²) in [7, 11) is 0. The van der Waals surface area contributed by atoms with E-state index in [0.29, 0.717) is 33.3 Å². The quantitative estimate of drug-likeness (QED) is 0.396. The highest BCUT2D eigenvalue weighted by Crippen LogP contribution is 2.30. The van der Waals surface area contributed by atoms with Gasteiger partial charge in [-0.05, 0) is 51.5 Å². The monoisotopic (exact) mass is 478 g/mol. The molecule has 2 aromatic carbocycles. The van der Waals surface area contributed by atoms with Crippen molar-refractivity contribution in [1.82, 2.24) is 14.8 Å². The molecule has 0 saturated heterocycles. The molecule has 0 radical (unpaired) electrons. The van der Waals surface area contributed by atoms with E-state index >= 15 is 0 Å². The number of anilines is 1. The number of thioether (sulfide) groups is 1. The molecule has 164 valence electrons. The second-order valence-corrected chi connectivity index (χ2v) is 8.78. The Morgan fingerprint density at radius 3 is 2.71 bits per heavy atom. The fourth-order valence-corrected chi connectivity index (χ4v) is 4.25. The molecule has 0 bridgehead atoms. The summed E-state index contributed by atoms with van der Waals surface area (Å²) in [5.41, 5.74) is 2.73. The fourth-order valence-electron chi connectivity index (χ4n) is 3.10. The lowest BCUT2D eigenvalue weighted by Gasteiger charge is -2.17. The molecule has 0 spiro atoms. The third-order valence-corrected chi connectivity index (χ3v) is 6.40. The number of hydrogen-bond acceptors (Lipinski definition) is 5. The van der Waals surface area contributed by atoms with Gasteiger partial charge < -0.3 is 14.6 Å². The highest BCUT2D eigenvalue weighted by atomic mass is 35.5. The number of benzene rings is 2. The molecule has 1 unspecified atom stereocenters. The van der Waals surface area contributed by atoms with E-state index in [0.717, 1.165) is 11.3 Å². The van der Waals surface area contributed by atoms with E-state index in [9.17, 15) is 4.79 Å². The van der Waals surface area contributed by atoms with Crippen LogP contribution in [0.1, 0.15) is 36.9 Å². The molecule has 3 rings (SSSR count). The SMILES string of the molecule is CCn1c(SCC(=O)Nc2cccc(Cl)c2Cl)nnc1C(C)Oc1ccc(C)cc1C. The lowest BCUT2D eigenvalue weighted by Crippen LogP contribution is -2.15. The molecule has 3 aromatic rings. The molecule has 0 aliphatic rings. The number of rotatable bonds is 8. The van der Waals surface area contributed by atoms with Crippen LogP contribution in [0.3, 0.4) is 0 Å². The van der Waals surface area contributed by atoms with Crippen LogP contribution >= 0.6 is 35.0 Å². The first kappa shape index (κ1) is 23.4. The minimum absolute atomic E-state index is 0.160. The second kappa shape index (κ2) is 10.4. The largest absolute Gasteiger partial charge is 0.482 e. The molecule has 1 atom stereocenters. The van der Waals surface area contributed by atoms with Crippen LogP contribution in [0.2, 0.25) is 10.0 Å². The molecule has 1 N–H and O–H groups in total. The standard InChI is InChI=1S/C22H24Cl2N4O2S/c1-5-28-21(15(4)30-18-10-9-13(2)11-14(18)3)26-27-22(28)31-12-19(29)25-17-8-6-7-16(23)20(17)24/h6-11,15H,5,12H2,1-4H3,(H,25,29). The van der Waals surface area contributed by atoms with Gasteiger partial charge in [-0.25, -0.2) is 0 Å². The molecule has 1 amide bonds. The van der Waals surface area contributed by atoms with Crippen molar-refractivity contribution in [3.05, 3.63) is 63.4 Å². The van der Waals surface area contributed by atoms with Gasteiger partial charge in [-0.3, -0.25) is 4.79 Å². The maximum Gasteiger partial charge on any atom is 0.234 e. The normalized spacial score (nSPS) is 11.9. The summed E-state index contributed by atoms with van der Waals surface area (Å²) in [5, 5.41) is 12.7. The van der Waals surface area contributed by atoms with Crippen LogP contribution in [-0.2, 0) is 11.3 Å². The summed E-state index contributed by atoms with van der Waals surface area (Å²) in [6, 6.07) is 11.2. The Balaban J connectivity index is 1.66. The van der Waals surface area contributed by atoms with E-state index < -0.39 is 0 Å². The Labute approximate surface area is 196 Å². The van der Waals surface area contributed by atoms with Crippen molar-refractivity contribution in [3.8, 4) is 5.75 Å². The third-order valence-electron chi connectivity index (χ3n) is 4.62. The van der Waals surface area contributed by atoms with Crippen LogP contribution in [0.25, 0.3) is 0 Å². The number of aryl methyl sites for hydroxylation is 2. The molecule has 1 heterocycles. The molecule has 0 fully saturated rings. The smallest absolute Gasteiger partial charge is 0.234 e. The lowest BCUT2D eigenvalue weighted by molar-refractivity contribution is -0.113. The van der Waals surface area contributed by atoms with Gasteiger partial charge in [-0.15, -0.1) is 10.2 Å². The molecule has 1 aromatic heterocycles. The highest BCUT2D eigenvalue weighted by molar-refractivity contribution is 7.99. The van der Waals surface area contributed by atoms with Crippen molar-refractivity contribution >= 4 is 46.6 Å². The number of hydrogen-bond donors (Lipinski definition) is 1. The van der Waals surface area contributed by atoms with Gasteiger partial charge in [0.15, 0.2) is 17.1 Å². The number of nitrogens with one attached hydrogen (secondary N) is 1. The van der Waals surface area contributed by atoms with Gasteiger partial charge in [0.25, 0.3) is 0 Å². The summed E-state index contributed by atoms with van der Waals surface area (Å²) in [6.45, 7) is 8.68. The minimum atomic E-state index is -0.290. The van der Waals surface area contributed by atoms with Crippen LogP contribution in [0.4, 0.5) is 5.69 Å². The zero-order valence-electron chi connectivity index (χ0n) is 17.8. The fraction of sp³-hybridized carbons (Fsp3) is 0.318. The van der Waals surface area contributed by atoms with Crippen LogP contribution in [0.15, 0.2) is 41.6 Å². The Bertz CT molecular complexity index is 1090. The van der Waals surface area contributed by atoms with Crippen LogP contribution in [-0.4, -0.2) is 26.4 Å². The third kappa shape index (κ3) is 5.73. The predicted octanol–water partition coefficient (Wildman–Crippen LogP) is 6.09. The summed E-state index contributed by atoms with van der Waals surface area (Å²) >= 11 is 13.4. The molecule has 0 saturated carbocycles. The Hall–Kier alpha value is -2.22. The number of halogens is 2. The number of nitrogens with zero attached hydrogens (tertiary/aromatic N) is 3. The maximum atomic E-state index is 12.4. The van der Waals surface area contributed by atoms with Crippen LogP contribution in [0.5, 0.6) is 5.75 Å². The number of carbonyl (C=O) groups is 1. The highest BCUT2D eigenvalue weighted by Gasteiger charge is 2.20. The van der Waals surface area contributed by atoms with Gasteiger partial charge in [0, 0.05) is 6.54 Å². The number of aromatic nitrogens is 3. The molecule has 9 heteroatoms. The second-order valence-electron chi connectivity index (χ2n) is 7.05. The zero-order valence-corrected chi connectivity index (χ0v) is 20.1. The van der Waals surface area contributed by atoms with Gasteiger partial charge in [-0.1, -0.05) is 58.7 Å². The van der Waals surface area contributed by atoms with Gasteiger partial charge in [-0.2, -0.15) is 0 Å². The van der Waals surface area contributed by atoms with Crippen molar-refractivity contribution in [2.75, 3.05) is 11.1 Å². The van der Waals surface area contributed by atoms with E-state index in [4.69, 9.17) is 27.9 Å². The van der Waals surface area contributed by atoms with Crippen molar-refractivity contribution in [3.63, 3.8) is 0 Å². The zero-order chi connectivity index (χ0) is 22.5. The van der Waals surface area contributed by atoms with Crippen LogP contribution < -0.4 is 10.1 Å². The topological polar surface area (TPSA) is 69.0 Å². The van der Waals surface area contributed by atoms with E-state index in [2.05, 4.69) is 21.6 Å². The van der Waals surface area contributed by atoms with E-state index in [1.807, 2.05) is 44.4 Å². The van der Waals surface area contributed by atoms with Gasteiger partial charge in [0.05, 0.1) is 21.5 Å². The first-order valence-corrected chi connectivity index (χ1v) is 11.6. The average Bonchev–Trinajstić information content (AvgIpc) is 3.15. The van der Waals surface area contributed by atoms with Gasteiger partial charge in [0.2, 0.25) is 5.91 Å². The molecular weight excluding hydrogens is 455 g/mol. The van der Waals surface area contributed by atoms with E-state index in [1.54, 1.807) is 18.2 Å². The summed E-state index contributed by atoms with van der Waals surface area (Å²) in [6.07, 6.45) is -0.290. The first-order valence-electron chi connectivity index (χ1n) is 9.83. The average molecular weight is 479 g/mol. The van der Waals surface area contributed by atoms with Crippen molar-refractivity contribution < 1.29 is 9.53 Å². The minimum Gasteiger partial charge on any atom is -0.482 e. The molecule has 6 nitrogen and oxygen atoms in total. The van der Waals surface area contributed by atoms with Crippen molar-refractivity contribution in [2.24, 2.45) is 0 Å². The Morgan fingerprint density at radius 1 is 1.23 bits per heavy atom. The molecule has 0 aliphatic heterocycles. The number of ether oxygens (including phenoxy) is 1. The van der Waals surface area contributed by atoms with Crippen LogP contribution in [0, 0.1) is 13.8 Å². The maximum absolute atomic E-state index is 12.4. The number of carbonyl (C=O) groups excluding carboxylic acids is 1. The van der Waals surface area contributed by atoms with Crippen molar-refractivity contribution in [2.45, 2.75) is 45.5 Å². The first-order chi connectivity index (χ1) is 14.8. The molecule has 0 aliphatic carbocycles.